The summed E-state index contributed by atoms with van der Waals surface area (Å²) in [5.74, 6) is 0.748. The molecule has 0 saturated heterocycles. The lowest BCUT2D eigenvalue weighted by Crippen LogP contribution is -2.25. The van der Waals surface area contributed by atoms with Crippen molar-refractivity contribution < 1.29 is 4.79 Å². The fraction of sp³-hybridized carbons (Fsp3) is 0.312. The molecule has 2 rings (SSSR count). The molecule has 22 heavy (non-hydrogen) atoms. The van der Waals surface area contributed by atoms with Crippen LogP contribution in [-0.2, 0) is 0 Å². The Kier molecular flexibility index (Phi) is 5.89. The van der Waals surface area contributed by atoms with Crippen LogP contribution in [-0.4, -0.2) is 29.0 Å². The van der Waals surface area contributed by atoms with E-state index in [-0.39, 0.29) is 5.91 Å². The Labute approximate surface area is 138 Å². The van der Waals surface area contributed by atoms with E-state index >= 15 is 0 Å². The van der Waals surface area contributed by atoms with Gasteiger partial charge in [-0.25, -0.2) is 4.98 Å². The summed E-state index contributed by atoms with van der Waals surface area (Å²) in [6, 6.07) is 7.30. The fourth-order valence-electron chi connectivity index (χ4n) is 1.91. The van der Waals surface area contributed by atoms with Crippen molar-refractivity contribution >= 4 is 27.7 Å². The van der Waals surface area contributed by atoms with Crippen LogP contribution in [0.25, 0.3) is 0 Å². The van der Waals surface area contributed by atoms with E-state index in [2.05, 4.69) is 36.5 Å². The highest BCUT2D eigenvalue weighted by atomic mass is 79.9. The summed E-state index contributed by atoms with van der Waals surface area (Å²) in [4.78, 5) is 20.6. The fourth-order valence-corrected chi connectivity index (χ4v) is 2.17. The summed E-state index contributed by atoms with van der Waals surface area (Å²) in [7, 11) is 0. The third-order valence-corrected chi connectivity index (χ3v) is 3.64. The van der Waals surface area contributed by atoms with Gasteiger partial charge in [0, 0.05) is 29.3 Å². The zero-order valence-corrected chi connectivity index (χ0v) is 14.3. The van der Waals surface area contributed by atoms with Crippen LogP contribution in [0.4, 0.5) is 5.82 Å². The van der Waals surface area contributed by atoms with Gasteiger partial charge in [-0.3, -0.25) is 9.78 Å². The summed E-state index contributed by atoms with van der Waals surface area (Å²) in [6.45, 7) is 5.18. The second-order valence-electron chi connectivity index (χ2n) is 4.99. The molecule has 0 saturated carbocycles. The monoisotopic (exact) mass is 362 g/mol. The molecule has 2 N–H and O–H groups in total. The van der Waals surface area contributed by atoms with E-state index in [9.17, 15) is 4.79 Å². The Morgan fingerprint density at radius 1 is 1.18 bits per heavy atom. The maximum atomic E-state index is 11.9. The van der Waals surface area contributed by atoms with Crippen molar-refractivity contribution in [2.75, 3.05) is 18.4 Å². The van der Waals surface area contributed by atoms with E-state index in [0.717, 1.165) is 34.6 Å². The first kappa shape index (κ1) is 16.4. The number of amides is 1. The van der Waals surface area contributed by atoms with Crippen LogP contribution in [0.15, 0.2) is 34.9 Å². The smallest absolute Gasteiger partial charge is 0.251 e. The molecule has 0 spiro atoms. The van der Waals surface area contributed by atoms with Crippen molar-refractivity contribution in [3.05, 3.63) is 51.9 Å². The number of nitrogens with one attached hydrogen (secondary N) is 2. The predicted molar refractivity (Wildman–Crippen MR) is 91.1 cm³/mol. The number of aromatic nitrogens is 2. The highest BCUT2D eigenvalue weighted by Crippen LogP contribution is 2.10. The van der Waals surface area contributed by atoms with Crippen molar-refractivity contribution in [1.82, 2.24) is 15.3 Å². The lowest BCUT2D eigenvalue weighted by Gasteiger charge is -2.09. The van der Waals surface area contributed by atoms with E-state index in [0.29, 0.717) is 12.1 Å². The van der Waals surface area contributed by atoms with E-state index < -0.39 is 0 Å². The second-order valence-corrected chi connectivity index (χ2v) is 5.90. The molecule has 0 unspecified atom stereocenters. The van der Waals surface area contributed by atoms with Gasteiger partial charge < -0.3 is 10.6 Å². The van der Waals surface area contributed by atoms with E-state index in [4.69, 9.17) is 0 Å². The molecule has 0 aliphatic carbocycles. The molecule has 0 radical (unpaired) electrons. The molecule has 1 amide bonds. The number of nitrogens with zero attached hydrogens (tertiary/aromatic N) is 2. The van der Waals surface area contributed by atoms with Crippen LogP contribution in [0.5, 0.6) is 0 Å². The number of aryl methyl sites for hydroxylation is 2. The van der Waals surface area contributed by atoms with Crippen LogP contribution in [0.3, 0.4) is 0 Å². The summed E-state index contributed by atoms with van der Waals surface area (Å²) >= 11 is 3.35. The van der Waals surface area contributed by atoms with Crippen LogP contribution in [0.1, 0.15) is 28.2 Å². The Hall–Kier alpha value is -1.95. The van der Waals surface area contributed by atoms with Gasteiger partial charge in [0.2, 0.25) is 0 Å². The van der Waals surface area contributed by atoms with Gasteiger partial charge in [0.15, 0.2) is 0 Å². The van der Waals surface area contributed by atoms with E-state index in [1.165, 1.54) is 0 Å². The van der Waals surface area contributed by atoms with E-state index in [1.807, 2.05) is 26.0 Å². The van der Waals surface area contributed by atoms with Crippen LogP contribution >= 0.6 is 15.9 Å². The standard InChI is InChI=1S/C16H19BrN4O/c1-11-10-20-12(2)15(21-11)18-8-3-9-19-16(22)13-4-6-14(17)7-5-13/h4-7,10H,3,8-9H2,1-2H3,(H,18,21)(H,19,22). The minimum Gasteiger partial charge on any atom is -0.368 e. The molecule has 0 aliphatic rings. The van der Waals surface area contributed by atoms with Gasteiger partial charge >= 0.3 is 0 Å². The number of carbonyl (C=O) groups excluding carboxylic acids is 1. The van der Waals surface area contributed by atoms with Crippen LogP contribution in [0, 0.1) is 13.8 Å². The molecule has 5 nitrogen and oxygen atoms in total. The highest BCUT2D eigenvalue weighted by Gasteiger charge is 2.04. The maximum absolute atomic E-state index is 11.9. The molecule has 116 valence electrons. The zero-order valence-electron chi connectivity index (χ0n) is 12.7. The van der Waals surface area contributed by atoms with E-state index in [1.54, 1.807) is 18.3 Å². The molecule has 2 aromatic rings. The highest BCUT2D eigenvalue weighted by molar-refractivity contribution is 9.10. The molecule has 0 aliphatic heterocycles. The molecule has 0 fully saturated rings. The molecular formula is C16H19BrN4O. The number of anilines is 1. The van der Waals surface area contributed by atoms with Gasteiger partial charge in [0.1, 0.15) is 5.82 Å². The Morgan fingerprint density at radius 3 is 2.64 bits per heavy atom. The number of carbonyl (C=O) groups is 1. The van der Waals surface area contributed by atoms with Gasteiger partial charge in [-0.2, -0.15) is 0 Å². The molecule has 1 heterocycles. The maximum Gasteiger partial charge on any atom is 0.251 e. The first-order valence-corrected chi connectivity index (χ1v) is 7.93. The second kappa shape index (κ2) is 7.89. The van der Waals surface area contributed by atoms with Crippen LogP contribution in [0.2, 0.25) is 0 Å². The minimum atomic E-state index is -0.0565. The minimum absolute atomic E-state index is 0.0565. The predicted octanol–water partition coefficient (Wildman–Crippen LogP) is 3.09. The lowest BCUT2D eigenvalue weighted by molar-refractivity contribution is 0.0953. The van der Waals surface area contributed by atoms with Crippen molar-refractivity contribution in [2.45, 2.75) is 20.3 Å². The third-order valence-electron chi connectivity index (χ3n) is 3.11. The van der Waals surface area contributed by atoms with Crippen molar-refractivity contribution in [3.63, 3.8) is 0 Å². The van der Waals surface area contributed by atoms with Gasteiger partial charge in [-0.15, -0.1) is 0 Å². The Bertz CT molecular complexity index is 643. The van der Waals surface area contributed by atoms with Gasteiger partial charge in [-0.1, -0.05) is 15.9 Å². The van der Waals surface area contributed by atoms with Gasteiger partial charge in [0.05, 0.1) is 11.4 Å². The first-order valence-electron chi connectivity index (χ1n) is 7.14. The largest absolute Gasteiger partial charge is 0.368 e. The number of halogens is 1. The van der Waals surface area contributed by atoms with Gasteiger partial charge in [0.25, 0.3) is 5.91 Å². The average Bonchev–Trinajstić information content (AvgIpc) is 2.50. The summed E-state index contributed by atoms with van der Waals surface area (Å²) in [5.41, 5.74) is 2.43. The summed E-state index contributed by atoms with van der Waals surface area (Å²) < 4.78 is 0.961. The Morgan fingerprint density at radius 2 is 1.91 bits per heavy atom. The van der Waals surface area contributed by atoms with Crippen molar-refractivity contribution in [2.24, 2.45) is 0 Å². The molecule has 6 heteroatoms. The third kappa shape index (κ3) is 4.80. The quantitative estimate of drug-likeness (QED) is 0.774. The van der Waals surface area contributed by atoms with Crippen molar-refractivity contribution in [3.8, 4) is 0 Å². The zero-order chi connectivity index (χ0) is 15.9. The number of hydrogen-bond donors (Lipinski definition) is 2. The van der Waals surface area contributed by atoms with Gasteiger partial charge in [-0.05, 0) is 44.5 Å². The molecule has 1 aromatic carbocycles. The SMILES string of the molecule is Cc1cnc(C)c(NCCCNC(=O)c2ccc(Br)cc2)n1. The molecule has 1 aromatic heterocycles. The van der Waals surface area contributed by atoms with Crippen LogP contribution < -0.4 is 10.6 Å². The Balaban J connectivity index is 1.72. The average molecular weight is 363 g/mol. The summed E-state index contributed by atoms with van der Waals surface area (Å²) in [5, 5.41) is 6.14. The normalized spacial score (nSPS) is 10.3. The topological polar surface area (TPSA) is 66.9 Å². The number of hydrogen-bond acceptors (Lipinski definition) is 4. The number of benzene rings is 1. The molecular weight excluding hydrogens is 344 g/mol. The summed E-state index contributed by atoms with van der Waals surface area (Å²) in [6.07, 6.45) is 2.57. The molecule has 0 bridgehead atoms. The first-order chi connectivity index (χ1) is 10.6. The van der Waals surface area contributed by atoms with Crippen molar-refractivity contribution in [1.29, 1.82) is 0 Å². The number of rotatable bonds is 6. The lowest BCUT2D eigenvalue weighted by atomic mass is 10.2. The molecule has 0 atom stereocenters.